The molecular weight excluding hydrogens is 322 g/mol. The first-order valence-electron chi connectivity index (χ1n) is 9.08. The minimum absolute atomic E-state index is 0.0368. The van der Waals surface area contributed by atoms with Crippen molar-refractivity contribution in [3.63, 3.8) is 0 Å². The first-order chi connectivity index (χ1) is 11.7. The highest BCUT2D eigenvalue weighted by molar-refractivity contribution is 7.10. The summed E-state index contributed by atoms with van der Waals surface area (Å²) in [5.41, 5.74) is 0. The van der Waals surface area contributed by atoms with Crippen molar-refractivity contribution in [2.24, 2.45) is 0 Å². The lowest BCUT2D eigenvalue weighted by atomic mass is 9.96. The zero-order valence-corrected chi connectivity index (χ0v) is 14.9. The van der Waals surface area contributed by atoms with Crippen LogP contribution < -0.4 is 10.6 Å². The molecular formula is C18H27N3O2S. The average molecular weight is 350 g/mol. The van der Waals surface area contributed by atoms with Gasteiger partial charge < -0.3 is 15.5 Å². The number of thiophene rings is 1. The molecule has 0 atom stereocenters. The van der Waals surface area contributed by atoms with E-state index in [1.54, 1.807) is 11.3 Å². The van der Waals surface area contributed by atoms with Gasteiger partial charge in [0.25, 0.3) is 0 Å². The van der Waals surface area contributed by atoms with Crippen LogP contribution in [0.2, 0.25) is 0 Å². The molecule has 2 heterocycles. The number of carbonyl (C=O) groups excluding carboxylic acids is 2. The number of amides is 3. The SMILES string of the molecule is O=C(NC1CCCCC1)NC1CCN(C(=O)Cc2cccs2)CC1. The van der Waals surface area contributed by atoms with E-state index >= 15 is 0 Å². The third-order valence-electron chi connectivity index (χ3n) is 5.03. The summed E-state index contributed by atoms with van der Waals surface area (Å²) in [5, 5.41) is 8.19. The van der Waals surface area contributed by atoms with Crippen LogP contribution in [-0.4, -0.2) is 42.0 Å². The summed E-state index contributed by atoms with van der Waals surface area (Å²) in [6.45, 7) is 1.47. The Bertz CT molecular complexity index is 532. The molecule has 1 aromatic rings. The van der Waals surface area contributed by atoms with Crippen molar-refractivity contribution in [3.05, 3.63) is 22.4 Å². The first-order valence-corrected chi connectivity index (χ1v) is 9.96. The number of carbonyl (C=O) groups is 2. The van der Waals surface area contributed by atoms with E-state index in [9.17, 15) is 9.59 Å². The van der Waals surface area contributed by atoms with Gasteiger partial charge in [0.1, 0.15) is 0 Å². The molecule has 0 bridgehead atoms. The summed E-state index contributed by atoms with van der Waals surface area (Å²) >= 11 is 1.63. The number of nitrogens with one attached hydrogen (secondary N) is 2. The Labute approximate surface area is 147 Å². The number of piperidine rings is 1. The van der Waals surface area contributed by atoms with Gasteiger partial charge in [-0.1, -0.05) is 25.3 Å². The van der Waals surface area contributed by atoms with Crippen LogP contribution in [0.25, 0.3) is 0 Å². The monoisotopic (exact) mass is 349 g/mol. The van der Waals surface area contributed by atoms with E-state index in [2.05, 4.69) is 10.6 Å². The lowest BCUT2D eigenvalue weighted by Crippen LogP contribution is -2.51. The summed E-state index contributed by atoms with van der Waals surface area (Å²) in [6, 6.07) is 4.47. The molecule has 1 aliphatic heterocycles. The topological polar surface area (TPSA) is 61.4 Å². The summed E-state index contributed by atoms with van der Waals surface area (Å²) in [6.07, 6.45) is 8.11. The third kappa shape index (κ3) is 4.97. The molecule has 3 rings (SSSR count). The largest absolute Gasteiger partial charge is 0.342 e. The maximum absolute atomic E-state index is 12.3. The van der Waals surface area contributed by atoms with Gasteiger partial charge in [0.05, 0.1) is 6.42 Å². The Hall–Kier alpha value is -1.56. The van der Waals surface area contributed by atoms with E-state index < -0.39 is 0 Å². The molecule has 1 saturated heterocycles. The van der Waals surface area contributed by atoms with Crippen molar-refractivity contribution < 1.29 is 9.59 Å². The van der Waals surface area contributed by atoms with Gasteiger partial charge in [0.15, 0.2) is 0 Å². The molecule has 6 heteroatoms. The number of nitrogens with zero attached hydrogens (tertiary/aromatic N) is 1. The fourth-order valence-corrected chi connectivity index (χ4v) is 4.30. The van der Waals surface area contributed by atoms with Crippen molar-refractivity contribution in [1.29, 1.82) is 0 Å². The van der Waals surface area contributed by atoms with Crippen LogP contribution in [0.4, 0.5) is 4.79 Å². The summed E-state index contributed by atoms with van der Waals surface area (Å²) in [4.78, 5) is 27.4. The van der Waals surface area contributed by atoms with E-state index in [0.717, 1.165) is 43.6 Å². The molecule has 0 spiro atoms. The smallest absolute Gasteiger partial charge is 0.315 e. The second-order valence-electron chi connectivity index (χ2n) is 6.86. The predicted molar refractivity (Wildman–Crippen MR) is 96.2 cm³/mol. The van der Waals surface area contributed by atoms with Crippen LogP contribution in [0, 0.1) is 0 Å². The van der Waals surface area contributed by atoms with Crippen molar-refractivity contribution >= 4 is 23.3 Å². The lowest BCUT2D eigenvalue weighted by Gasteiger charge is -2.33. The number of urea groups is 1. The molecule has 0 radical (unpaired) electrons. The Balaban J connectivity index is 1.36. The fourth-order valence-electron chi connectivity index (χ4n) is 3.61. The number of hydrogen-bond acceptors (Lipinski definition) is 3. The molecule has 5 nitrogen and oxygen atoms in total. The van der Waals surface area contributed by atoms with Crippen LogP contribution in [-0.2, 0) is 11.2 Å². The highest BCUT2D eigenvalue weighted by Gasteiger charge is 2.24. The second kappa shape index (κ2) is 8.51. The van der Waals surface area contributed by atoms with E-state index in [1.165, 1.54) is 19.3 Å². The van der Waals surface area contributed by atoms with Gasteiger partial charge in [-0.25, -0.2) is 4.79 Å². The fraction of sp³-hybridized carbons (Fsp3) is 0.667. The molecule has 1 aromatic heterocycles. The summed E-state index contributed by atoms with van der Waals surface area (Å²) in [5.74, 6) is 0.197. The molecule has 1 saturated carbocycles. The molecule has 0 unspecified atom stereocenters. The van der Waals surface area contributed by atoms with E-state index in [-0.39, 0.29) is 18.0 Å². The van der Waals surface area contributed by atoms with E-state index in [4.69, 9.17) is 0 Å². The van der Waals surface area contributed by atoms with Crippen LogP contribution in [0.3, 0.4) is 0 Å². The maximum Gasteiger partial charge on any atom is 0.315 e. The highest BCUT2D eigenvalue weighted by atomic mass is 32.1. The Morgan fingerprint density at radius 2 is 1.71 bits per heavy atom. The average Bonchev–Trinajstić information content (AvgIpc) is 3.09. The normalized spacial score (nSPS) is 19.9. The summed E-state index contributed by atoms with van der Waals surface area (Å²) in [7, 11) is 0. The number of hydrogen-bond donors (Lipinski definition) is 2. The Morgan fingerprint density at radius 3 is 2.33 bits per heavy atom. The van der Waals surface area contributed by atoms with Gasteiger partial charge in [-0.15, -0.1) is 11.3 Å². The second-order valence-corrected chi connectivity index (χ2v) is 7.90. The maximum atomic E-state index is 12.3. The molecule has 2 fully saturated rings. The van der Waals surface area contributed by atoms with Gasteiger partial charge in [0, 0.05) is 30.1 Å². The van der Waals surface area contributed by atoms with Gasteiger partial charge in [-0.3, -0.25) is 4.79 Å². The van der Waals surface area contributed by atoms with Crippen LogP contribution >= 0.6 is 11.3 Å². The third-order valence-corrected chi connectivity index (χ3v) is 5.91. The molecule has 2 aliphatic rings. The van der Waals surface area contributed by atoms with Crippen molar-refractivity contribution in [3.8, 4) is 0 Å². The molecule has 24 heavy (non-hydrogen) atoms. The molecule has 132 valence electrons. The Morgan fingerprint density at radius 1 is 1.04 bits per heavy atom. The number of rotatable bonds is 4. The minimum atomic E-state index is -0.0368. The molecule has 2 N–H and O–H groups in total. The standard InChI is InChI=1S/C18H27N3O2S/c22-17(13-16-7-4-12-24-16)21-10-8-15(9-11-21)20-18(23)19-14-5-2-1-3-6-14/h4,7,12,14-15H,1-3,5-6,8-11,13H2,(H2,19,20,23). The van der Waals surface area contributed by atoms with Gasteiger partial charge >= 0.3 is 6.03 Å². The van der Waals surface area contributed by atoms with Crippen LogP contribution in [0.5, 0.6) is 0 Å². The quantitative estimate of drug-likeness (QED) is 0.878. The Kier molecular flexibility index (Phi) is 6.12. The minimum Gasteiger partial charge on any atom is -0.342 e. The summed E-state index contributed by atoms with van der Waals surface area (Å²) < 4.78 is 0. The van der Waals surface area contributed by atoms with Gasteiger partial charge in [-0.05, 0) is 37.1 Å². The van der Waals surface area contributed by atoms with Gasteiger partial charge in [-0.2, -0.15) is 0 Å². The van der Waals surface area contributed by atoms with Crippen LogP contribution in [0.1, 0.15) is 49.8 Å². The van der Waals surface area contributed by atoms with Crippen molar-refractivity contribution in [2.45, 2.75) is 63.5 Å². The first kappa shape index (κ1) is 17.3. The zero-order chi connectivity index (χ0) is 16.8. The van der Waals surface area contributed by atoms with Crippen molar-refractivity contribution in [2.75, 3.05) is 13.1 Å². The molecule has 1 aliphatic carbocycles. The molecule has 3 amide bonds. The zero-order valence-electron chi connectivity index (χ0n) is 14.1. The van der Waals surface area contributed by atoms with Crippen molar-refractivity contribution in [1.82, 2.24) is 15.5 Å². The molecule has 0 aromatic carbocycles. The highest BCUT2D eigenvalue weighted by Crippen LogP contribution is 2.18. The number of likely N-dealkylation sites (tertiary alicyclic amines) is 1. The van der Waals surface area contributed by atoms with E-state index in [1.807, 2.05) is 22.4 Å². The van der Waals surface area contributed by atoms with Crippen LogP contribution in [0.15, 0.2) is 17.5 Å². The van der Waals surface area contributed by atoms with Gasteiger partial charge in [0.2, 0.25) is 5.91 Å². The lowest BCUT2D eigenvalue weighted by molar-refractivity contribution is -0.131. The van der Waals surface area contributed by atoms with E-state index in [0.29, 0.717) is 12.5 Å². The predicted octanol–water partition coefficient (Wildman–Crippen LogP) is 2.91.